The summed E-state index contributed by atoms with van der Waals surface area (Å²) in [5.41, 5.74) is 2.59. The molecule has 2 heterocycles. The summed E-state index contributed by atoms with van der Waals surface area (Å²) in [5, 5.41) is 0.630. The second-order valence-electron chi connectivity index (χ2n) is 8.92. The lowest BCUT2D eigenvalue weighted by Gasteiger charge is -2.24. The van der Waals surface area contributed by atoms with Crippen molar-refractivity contribution in [2.75, 3.05) is 6.61 Å². The smallest absolute Gasteiger partial charge is 0.338 e. The van der Waals surface area contributed by atoms with Crippen molar-refractivity contribution in [3.05, 3.63) is 130 Å². The van der Waals surface area contributed by atoms with E-state index in [4.69, 9.17) is 21.1 Å². The maximum absolute atomic E-state index is 13.7. The van der Waals surface area contributed by atoms with Crippen molar-refractivity contribution in [3.8, 4) is 5.75 Å². The number of esters is 1. The number of carbonyl (C=O) groups is 1. The molecule has 3 aromatic carbocycles. The quantitative estimate of drug-likeness (QED) is 0.235. The van der Waals surface area contributed by atoms with Gasteiger partial charge in [0.25, 0.3) is 5.56 Å². The van der Waals surface area contributed by atoms with Crippen LogP contribution in [0.15, 0.2) is 92.3 Å². The molecule has 5 rings (SSSR count). The number of halogens is 3. The largest absolute Gasteiger partial charge is 0.488 e. The van der Waals surface area contributed by atoms with E-state index in [1.54, 1.807) is 32.1 Å². The number of allylic oxidation sites excluding steroid dienone is 1. The third-order valence-corrected chi connectivity index (χ3v) is 8.27. The van der Waals surface area contributed by atoms with Crippen molar-refractivity contribution >= 4 is 50.9 Å². The predicted molar refractivity (Wildman–Crippen MR) is 157 cm³/mol. The van der Waals surface area contributed by atoms with Gasteiger partial charge in [0.2, 0.25) is 0 Å². The first-order valence-corrected chi connectivity index (χ1v) is 14.4. The van der Waals surface area contributed by atoms with E-state index in [1.165, 1.54) is 28.0 Å². The summed E-state index contributed by atoms with van der Waals surface area (Å²) in [4.78, 5) is 31.7. The monoisotopic (exact) mass is 640 g/mol. The normalized spacial score (nSPS) is 15.0. The van der Waals surface area contributed by atoms with Crippen LogP contribution in [-0.4, -0.2) is 17.1 Å². The van der Waals surface area contributed by atoms with Gasteiger partial charge in [0.05, 0.1) is 32.9 Å². The molecule has 0 saturated heterocycles. The maximum atomic E-state index is 13.7. The van der Waals surface area contributed by atoms with E-state index in [0.717, 1.165) is 11.1 Å². The lowest BCUT2D eigenvalue weighted by molar-refractivity contribution is -0.139. The molecule has 10 heteroatoms. The van der Waals surface area contributed by atoms with Gasteiger partial charge in [-0.15, -0.1) is 0 Å². The van der Waals surface area contributed by atoms with Crippen LogP contribution in [0.5, 0.6) is 5.75 Å². The molecule has 6 nitrogen and oxygen atoms in total. The van der Waals surface area contributed by atoms with Crippen LogP contribution in [0.3, 0.4) is 0 Å². The lowest BCUT2D eigenvalue weighted by Crippen LogP contribution is -2.39. The summed E-state index contributed by atoms with van der Waals surface area (Å²) in [6.45, 7) is 3.89. The van der Waals surface area contributed by atoms with Crippen LogP contribution in [0, 0.1) is 5.82 Å². The van der Waals surface area contributed by atoms with Gasteiger partial charge in [0.15, 0.2) is 4.80 Å². The molecule has 0 N–H and O–H groups in total. The Bertz CT molecular complexity index is 1810. The highest BCUT2D eigenvalue weighted by molar-refractivity contribution is 9.10. The number of ether oxygens (including phenoxy) is 2. The fourth-order valence-electron chi connectivity index (χ4n) is 4.40. The first-order chi connectivity index (χ1) is 19.3. The Labute approximate surface area is 246 Å². The van der Waals surface area contributed by atoms with Crippen LogP contribution in [0.2, 0.25) is 5.02 Å². The van der Waals surface area contributed by atoms with Crippen molar-refractivity contribution < 1.29 is 18.7 Å². The van der Waals surface area contributed by atoms with Crippen molar-refractivity contribution in [2.24, 2.45) is 4.99 Å². The molecular weight excluding hydrogens is 619 g/mol. The zero-order chi connectivity index (χ0) is 28.4. The Morgan fingerprint density at radius 3 is 2.62 bits per heavy atom. The lowest BCUT2D eigenvalue weighted by atomic mass is 9.96. The van der Waals surface area contributed by atoms with Gasteiger partial charge in [-0.1, -0.05) is 59.3 Å². The highest BCUT2D eigenvalue weighted by Crippen LogP contribution is 2.31. The molecule has 1 unspecified atom stereocenters. The molecular formula is C30H23BrClFN2O4S. The molecule has 0 fully saturated rings. The molecule has 40 heavy (non-hydrogen) atoms. The van der Waals surface area contributed by atoms with Crippen molar-refractivity contribution in [1.82, 2.24) is 4.57 Å². The predicted octanol–water partition coefficient (Wildman–Crippen LogP) is 5.93. The topological polar surface area (TPSA) is 69.9 Å². The Balaban J connectivity index is 1.53. The minimum absolute atomic E-state index is 0.170. The van der Waals surface area contributed by atoms with Crippen LogP contribution in [0.1, 0.15) is 36.6 Å². The fraction of sp³-hybridized carbons (Fsp3) is 0.167. The molecule has 1 aliphatic heterocycles. The van der Waals surface area contributed by atoms with Crippen molar-refractivity contribution in [3.63, 3.8) is 0 Å². The van der Waals surface area contributed by atoms with E-state index in [1.807, 2.05) is 42.5 Å². The third-order valence-electron chi connectivity index (χ3n) is 6.30. The third kappa shape index (κ3) is 5.68. The molecule has 0 aliphatic carbocycles. The number of benzene rings is 3. The molecule has 1 aliphatic rings. The number of thiazole rings is 1. The fourth-order valence-corrected chi connectivity index (χ4v) is 6.15. The standard InChI is InChI=1S/C30H23BrClFN2O4S/c1-3-38-29(37)26-17(2)34-30-35(27(26)19-9-11-21(33)12-10-19)28(36)25(40-30)15-18-8-13-24(22(31)14-18)39-16-20-6-4-5-7-23(20)32/h4-15,27H,3,16H2,1-2H3/b25-15-. The van der Waals surface area contributed by atoms with Crippen LogP contribution in [0.25, 0.3) is 6.08 Å². The van der Waals surface area contributed by atoms with Crippen LogP contribution in [-0.2, 0) is 16.1 Å². The second-order valence-corrected chi connectivity index (χ2v) is 11.2. The number of hydrogen-bond acceptors (Lipinski definition) is 6. The molecule has 4 aromatic rings. The Morgan fingerprint density at radius 2 is 1.93 bits per heavy atom. The van der Waals surface area contributed by atoms with Crippen LogP contribution < -0.4 is 19.6 Å². The van der Waals surface area contributed by atoms with E-state index in [-0.39, 0.29) is 17.7 Å². The van der Waals surface area contributed by atoms with E-state index in [9.17, 15) is 14.0 Å². The first kappa shape index (κ1) is 28.0. The van der Waals surface area contributed by atoms with Gasteiger partial charge < -0.3 is 9.47 Å². The van der Waals surface area contributed by atoms with Gasteiger partial charge in [-0.05, 0) is 77.3 Å². The number of carbonyl (C=O) groups excluding carboxylic acids is 1. The van der Waals surface area contributed by atoms with Crippen molar-refractivity contribution in [2.45, 2.75) is 26.5 Å². The zero-order valence-corrected chi connectivity index (χ0v) is 24.6. The van der Waals surface area contributed by atoms with E-state index >= 15 is 0 Å². The SMILES string of the molecule is CCOC(=O)C1=C(C)N=c2s/c(=C\c3ccc(OCc4ccccc4Cl)c(Br)c3)c(=O)n2C1c1ccc(F)cc1. The van der Waals surface area contributed by atoms with Crippen LogP contribution >= 0.6 is 38.9 Å². The molecule has 204 valence electrons. The summed E-state index contributed by atoms with van der Waals surface area (Å²) in [6.07, 6.45) is 1.76. The van der Waals surface area contributed by atoms with E-state index in [0.29, 0.717) is 42.4 Å². The minimum Gasteiger partial charge on any atom is -0.488 e. The van der Waals surface area contributed by atoms with Gasteiger partial charge in [-0.25, -0.2) is 14.2 Å². The van der Waals surface area contributed by atoms with E-state index < -0.39 is 17.8 Å². The van der Waals surface area contributed by atoms with Crippen molar-refractivity contribution in [1.29, 1.82) is 0 Å². The molecule has 1 aromatic heterocycles. The molecule has 0 radical (unpaired) electrons. The van der Waals surface area contributed by atoms with E-state index in [2.05, 4.69) is 20.9 Å². The van der Waals surface area contributed by atoms with Gasteiger partial charge in [-0.2, -0.15) is 0 Å². The molecule has 1 atom stereocenters. The second kappa shape index (κ2) is 11.9. The first-order valence-electron chi connectivity index (χ1n) is 12.4. The number of nitrogens with zero attached hydrogens (tertiary/aromatic N) is 2. The molecule has 0 saturated carbocycles. The summed E-state index contributed by atoms with van der Waals surface area (Å²) in [6, 6.07) is 17.9. The Kier molecular flexibility index (Phi) is 8.35. The van der Waals surface area contributed by atoms with Gasteiger partial charge in [-0.3, -0.25) is 9.36 Å². The zero-order valence-electron chi connectivity index (χ0n) is 21.5. The summed E-state index contributed by atoms with van der Waals surface area (Å²) < 4.78 is 27.6. The molecule has 0 amide bonds. The number of hydrogen-bond donors (Lipinski definition) is 0. The Morgan fingerprint density at radius 1 is 1.18 bits per heavy atom. The Hall–Kier alpha value is -3.53. The average molecular weight is 642 g/mol. The summed E-state index contributed by atoms with van der Waals surface area (Å²) in [5.74, 6) is -0.354. The maximum Gasteiger partial charge on any atom is 0.338 e. The highest BCUT2D eigenvalue weighted by Gasteiger charge is 2.33. The number of rotatable bonds is 7. The average Bonchev–Trinajstić information content (AvgIpc) is 3.23. The minimum atomic E-state index is -0.801. The van der Waals surface area contributed by atoms with Gasteiger partial charge in [0, 0.05) is 10.6 Å². The summed E-state index contributed by atoms with van der Waals surface area (Å²) >= 11 is 11.0. The van der Waals surface area contributed by atoms with Gasteiger partial charge in [0.1, 0.15) is 18.2 Å². The van der Waals surface area contributed by atoms with Gasteiger partial charge >= 0.3 is 5.97 Å². The summed E-state index contributed by atoms with van der Waals surface area (Å²) in [7, 11) is 0. The number of fused-ring (bicyclic) bond motifs is 1. The molecule has 0 spiro atoms. The molecule has 0 bridgehead atoms. The highest BCUT2D eigenvalue weighted by atomic mass is 79.9. The number of aromatic nitrogens is 1. The van der Waals surface area contributed by atoms with Crippen LogP contribution in [0.4, 0.5) is 4.39 Å².